The van der Waals surface area contributed by atoms with Gasteiger partial charge in [0, 0.05) is 28.3 Å². The number of hydrogen-bond acceptors (Lipinski definition) is 6. The molecular formula is C28H30O6. The van der Waals surface area contributed by atoms with E-state index in [2.05, 4.69) is 0 Å². The highest BCUT2D eigenvalue weighted by molar-refractivity contribution is 6.02. The third-order valence-corrected chi connectivity index (χ3v) is 6.56. The second kappa shape index (κ2) is 9.21. The largest absolute Gasteiger partial charge is 0.507 e. The van der Waals surface area contributed by atoms with Crippen LogP contribution in [0.2, 0.25) is 0 Å². The summed E-state index contributed by atoms with van der Waals surface area (Å²) in [6, 6.07) is 11.5. The van der Waals surface area contributed by atoms with Gasteiger partial charge in [0.2, 0.25) is 0 Å². The maximum atomic E-state index is 11.5. The Morgan fingerprint density at radius 1 is 0.588 bits per heavy atom. The van der Waals surface area contributed by atoms with Gasteiger partial charge < -0.3 is 28.8 Å². The molecule has 0 heterocycles. The van der Waals surface area contributed by atoms with Crippen LogP contribution in [-0.4, -0.2) is 40.7 Å². The summed E-state index contributed by atoms with van der Waals surface area (Å²) < 4.78 is 28.8. The van der Waals surface area contributed by atoms with Crippen LogP contribution in [0.5, 0.6) is 34.5 Å². The SMILES string of the molecule is COc1c(C)c(Cc2c(C)c(OC)c3cccc(OC)c3c2OC)c(O)c2c(OC)cccc12. The number of methoxy groups -OCH3 is 5. The average molecular weight is 463 g/mol. The number of rotatable bonds is 7. The Bertz CT molecular complexity index is 1390. The zero-order chi connectivity index (χ0) is 24.6. The van der Waals surface area contributed by atoms with E-state index < -0.39 is 0 Å². The van der Waals surface area contributed by atoms with Crippen LogP contribution in [0, 0.1) is 13.8 Å². The molecule has 6 nitrogen and oxygen atoms in total. The van der Waals surface area contributed by atoms with E-state index in [1.807, 2.05) is 50.2 Å². The molecular weight excluding hydrogens is 432 g/mol. The minimum atomic E-state index is 0.159. The monoisotopic (exact) mass is 462 g/mol. The summed E-state index contributed by atoms with van der Waals surface area (Å²) in [4.78, 5) is 0. The molecule has 0 aliphatic rings. The molecule has 0 aromatic heterocycles. The van der Waals surface area contributed by atoms with Crippen LogP contribution in [0.1, 0.15) is 22.3 Å². The van der Waals surface area contributed by atoms with Crippen molar-refractivity contribution < 1.29 is 28.8 Å². The summed E-state index contributed by atoms with van der Waals surface area (Å²) in [5, 5.41) is 14.6. The van der Waals surface area contributed by atoms with Gasteiger partial charge in [-0.1, -0.05) is 24.3 Å². The number of benzene rings is 4. The fourth-order valence-corrected chi connectivity index (χ4v) is 4.94. The van der Waals surface area contributed by atoms with Crippen molar-refractivity contribution in [2.24, 2.45) is 0 Å². The minimum absolute atomic E-state index is 0.159. The molecule has 1 N–H and O–H groups in total. The molecule has 0 fully saturated rings. The highest BCUT2D eigenvalue weighted by Crippen LogP contribution is 2.49. The number of phenols is 1. The van der Waals surface area contributed by atoms with Crippen molar-refractivity contribution in [2.45, 2.75) is 20.3 Å². The van der Waals surface area contributed by atoms with E-state index in [4.69, 9.17) is 23.7 Å². The van der Waals surface area contributed by atoms with E-state index in [1.165, 1.54) is 0 Å². The van der Waals surface area contributed by atoms with E-state index in [-0.39, 0.29) is 5.75 Å². The fraction of sp³-hybridized carbons (Fsp3) is 0.286. The summed E-state index contributed by atoms with van der Waals surface area (Å²) in [6.45, 7) is 3.95. The topological polar surface area (TPSA) is 66.4 Å². The van der Waals surface area contributed by atoms with Gasteiger partial charge in [-0.15, -0.1) is 0 Å². The Kier molecular flexibility index (Phi) is 6.33. The van der Waals surface area contributed by atoms with E-state index >= 15 is 0 Å². The van der Waals surface area contributed by atoms with Crippen molar-refractivity contribution in [1.82, 2.24) is 0 Å². The van der Waals surface area contributed by atoms with Gasteiger partial charge in [-0.2, -0.15) is 0 Å². The highest BCUT2D eigenvalue weighted by Gasteiger charge is 2.25. The third-order valence-electron chi connectivity index (χ3n) is 6.56. The minimum Gasteiger partial charge on any atom is -0.507 e. The third kappa shape index (κ3) is 3.41. The summed E-state index contributed by atoms with van der Waals surface area (Å²) in [7, 11) is 8.17. The average Bonchev–Trinajstić information content (AvgIpc) is 2.86. The second-order valence-corrected chi connectivity index (χ2v) is 8.10. The summed E-state index contributed by atoms with van der Waals surface area (Å²) in [5.41, 5.74) is 3.40. The van der Waals surface area contributed by atoms with Crippen molar-refractivity contribution >= 4 is 21.5 Å². The van der Waals surface area contributed by atoms with Crippen LogP contribution in [0.3, 0.4) is 0 Å². The molecule has 34 heavy (non-hydrogen) atoms. The van der Waals surface area contributed by atoms with Crippen LogP contribution >= 0.6 is 0 Å². The van der Waals surface area contributed by atoms with Crippen LogP contribution < -0.4 is 23.7 Å². The molecule has 0 aliphatic carbocycles. The van der Waals surface area contributed by atoms with Gasteiger partial charge in [-0.25, -0.2) is 0 Å². The lowest BCUT2D eigenvalue weighted by atomic mass is 9.89. The van der Waals surface area contributed by atoms with Gasteiger partial charge in [0.05, 0.1) is 46.3 Å². The molecule has 0 amide bonds. The molecule has 0 saturated heterocycles. The molecule has 0 atom stereocenters. The van der Waals surface area contributed by atoms with E-state index in [0.29, 0.717) is 34.8 Å². The molecule has 4 rings (SSSR count). The molecule has 4 aromatic rings. The van der Waals surface area contributed by atoms with Gasteiger partial charge in [-0.3, -0.25) is 0 Å². The summed E-state index contributed by atoms with van der Waals surface area (Å²) in [5.74, 6) is 3.55. The lowest BCUT2D eigenvalue weighted by Crippen LogP contribution is -2.05. The molecule has 0 spiro atoms. The summed E-state index contributed by atoms with van der Waals surface area (Å²) in [6.07, 6.45) is 0.390. The standard InChI is InChI=1S/C28H30O6/c1-15-19(25(29)23-17(26(15)32-5)10-8-12-21(23)30-3)14-20-16(2)27(33-6)18-11-9-13-22(31-4)24(18)28(20)34-7/h8-13,29H,14H2,1-7H3. The number of fused-ring (bicyclic) bond motifs is 2. The van der Waals surface area contributed by atoms with Gasteiger partial charge >= 0.3 is 0 Å². The van der Waals surface area contributed by atoms with Crippen molar-refractivity contribution in [1.29, 1.82) is 0 Å². The smallest absolute Gasteiger partial charge is 0.134 e. The number of ether oxygens (including phenoxy) is 5. The molecule has 0 aliphatic heterocycles. The second-order valence-electron chi connectivity index (χ2n) is 8.10. The highest BCUT2D eigenvalue weighted by atomic mass is 16.5. The number of phenolic OH excluding ortho intramolecular Hbond substituents is 1. The number of aromatic hydroxyl groups is 1. The van der Waals surface area contributed by atoms with Gasteiger partial charge in [0.15, 0.2) is 0 Å². The van der Waals surface area contributed by atoms with Crippen molar-refractivity contribution in [3.8, 4) is 34.5 Å². The molecule has 0 radical (unpaired) electrons. The molecule has 6 heteroatoms. The first-order valence-corrected chi connectivity index (χ1v) is 11.0. The number of hydrogen-bond donors (Lipinski definition) is 1. The Balaban J connectivity index is 2.09. The lowest BCUT2D eigenvalue weighted by Gasteiger charge is -2.22. The maximum absolute atomic E-state index is 11.5. The van der Waals surface area contributed by atoms with Crippen LogP contribution in [0.4, 0.5) is 0 Å². The Morgan fingerprint density at radius 3 is 1.56 bits per heavy atom. The molecule has 4 aromatic carbocycles. The quantitative estimate of drug-likeness (QED) is 0.366. The molecule has 0 saturated carbocycles. The first kappa shape index (κ1) is 23.4. The van der Waals surface area contributed by atoms with Crippen molar-refractivity contribution in [3.63, 3.8) is 0 Å². The van der Waals surface area contributed by atoms with Gasteiger partial charge in [0.1, 0.15) is 34.5 Å². The Hall–Kier alpha value is -3.80. The zero-order valence-electron chi connectivity index (χ0n) is 20.7. The normalized spacial score (nSPS) is 11.0. The van der Waals surface area contributed by atoms with Crippen LogP contribution in [0.25, 0.3) is 21.5 Å². The predicted molar refractivity (Wildman–Crippen MR) is 135 cm³/mol. The summed E-state index contributed by atoms with van der Waals surface area (Å²) >= 11 is 0. The molecule has 0 bridgehead atoms. The van der Waals surface area contributed by atoms with Crippen molar-refractivity contribution in [3.05, 3.63) is 58.7 Å². The van der Waals surface area contributed by atoms with E-state index in [1.54, 1.807) is 35.5 Å². The van der Waals surface area contributed by atoms with Gasteiger partial charge in [0.25, 0.3) is 0 Å². The maximum Gasteiger partial charge on any atom is 0.134 e. The fourth-order valence-electron chi connectivity index (χ4n) is 4.94. The molecule has 0 unspecified atom stereocenters. The predicted octanol–water partition coefficient (Wildman–Crippen LogP) is 5.95. The van der Waals surface area contributed by atoms with Gasteiger partial charge in [-0.05, 0) is 37.1 Å². The molecule has 178 valence electrons. The first-order chi connectivity index (χ1) is 16.4. The Labute approximate surface area is 199 Å². The first-order valence-electron chi connectivity index (χ1n) is 11.0. The van der Waals surface area contributed by atoms with E-state index in [9.17, 15) is 5.11 Å². The van der Waals surface area contributed by atoms with E-state index in [0.717, 1.165) is 44.2 Å². The lowest BCUT2D eigenvalue weighted by molar-refractivity contribution is 0.395. The van der Waals surface area contributed by atoms with Crippen LogP contribution in [0.15, 0.2) is 36.4 Å². The van der Waals surface area contributed by atoms with Crippen molar-refractivity contribution in [2.75, 3.05) is 35.5 Å². The zero-order valence-corrected chi connectivity index (χ0v) is 20.7. The Morgan fingerprint density at radius 2 is 1.06 bits per heavy atom. The van der Waals surface area contributed by atoms with Crippen LogP contribution in [-0.2, 0) is 6.42 Å².